The summed E-state index contributed by atoms with van der Waals surface area (Å²) in [4.78, 5) is 21.3. The Morgan fingerprint density at radius 3 is 1.59 bits per heavy atom. The number of hydrogen-bond acceptors (Lipinski definition) is 7. The van der Waals surface area contributed by atoms with E-state index in [-0.39, 0.29) is 11.8 Å². The minimum absolute atomic E-state index is 0.148. The molecule has 0 radical (unpaired) electrons. The number of esters is 1. The van der Waals surface area contributed by atoms with Crippen molar-refractivity contribution in [2.24, 2.45) is 17.8 Å². The quantitative estimate of drug-likeness (QED) is 0.182. The summed E-state index contributed by atoms with van der Waals surface area (Å²) in [5.41, 5.74) is 0. The van der Waals surface area contributed by atoms with E-state index in [1.165, 1.54) is 19.8 Å². The summed E-state index contributed by atoms with van der Waals surface area (Å²) >= 11 is 0. The van der Waals surface area contributed by atoms with Crippen LogP contribution in [0.15, 0.2) is 0 Å². The van der Waals surface area contributed by atoms with E-state index in [1.807, 2.05) is 13.8 Å². The van der Waals surface area contributed by atoms with Crippen LogP contribution in [0.4, 0.5) is 0 Å². The Morgan fingerprint density at radius 2 is 1.18 bits per heavy atom. The summed E-state index contributed by atoms with van der Waals surface area (Å²) in [7, 11) is 0. The Labute approximate surface area is 207 Å². The van der Waals surface area contributed by atoms with Crippen LogP contribution >= 0.6 is 0 Å². The molecule has 0 heterocycles. The van der Waals surface area contributed by atoms with Gasteiger partial charge in [0.1, 0.15) is 5.78 Å². The van der Waals surface area contributed by atoms with E-state index in [2.05, 4.69) is 18.8 Å². The third-order valence-corrected chi connectivity index (χ3v) is 5.38. The summed E-state index contributed by atoms with van der Waals surface area (Å²) in [6.45, 7) is 14.4. The highest BCUT2D eigenvalue weighted by Gasteiger charge is 2.49. The molecule has 0 aromatic rings. The monoisotopic (exact) mass is 484 g/mol. The standard InChI is InChI=1S/C13H26O5.C12H16O2.C2H6/c1-3-5-15-7-9-17-11-12-18-10-8-16-6-4-13(2)14;1-9(13)14-8-12-10-6-4-2-3-5-7-11(10)12;1-2/h3-12H2,1-2H3;10-12H,4-8H2,1H3;1-2H3. The van der Waals surface area contributed by atoms with Crippen LogP contribution in [-0.4, -0.2) is 71.2 Å². The summed E-state index contributed by atoms with van der Waals surface area (Å²) < 4.78 is 26.1. The van der Waals surface area contributed by atoms with Crippen molar-refractivity contribution in [1.29, 1.82) is 0 Å². The molecule has 0 bridgehead atoms. The lowest BCUT2D eigenvalue weighted by Gasteiger charge is -2.06. The molecule has 2 atom stereocenters. The van der Waals surface area contributed by atoms with Crippen LogP contribution < -0.4 is 0 Å². The van der Waals surface area contributed by atoms with E-state index in [9.17, 15) is 9.59 Å². The molecule has 2 aliphatic rings. The second-order valence-corrected chi connectivity index (χ2v) is 8.13. The van der Waals surface area contributed by atoms with Gasteiger partial charge in [0.05, 0.1) is 52.9 Å². The second-order valence-electron chi connectivity index (χ2n) is 8.13. The SMILES string of the molecule is CC.CC(=O)OCC1C2CCC#CCCC21.CCCOCCOCCOCCOCCC(C)=O. The molecule has 198 valence electrons. The van der Waals surface area contributed by atoms with Crippen molar-refractivity contribution in [2.75, 3.05) is 59.5 Å². The van der Waals surface area contributed by atoms with E-state index >= 15 is 0 Å². The molecular formula is C27H48O7. The summed E-state index contributed by atoms with van der Waals surface area (Å²) in [5.74, 6) is 8.53. The average Bonchev–Trinajstić information content (AvgIpc) is 3.46. The molecule has 0 N–H and O–H groups in total. The first kappa shape index (κ1) is 32.5. The molecule has 2 aliphatic carbocycles. The maximum atomic E-state index is 10.7. The van der Waals surface area contributed by atoms with Crippen LogP contribution in [-0.2, 0) is 33.3 Å². The molecule has 2 unspecified atom stereocenters. The van der Waals surface area contributed by atoms with Gasteiger partial charge in [-0.05, 0) is 43.9 Å². The molecule has 7 heteroatoms. The van der Waals surface area contributed by atoms with Crippen molar-refractivity contribution in [2.45, 2.75) is 73.1 Å². The Balaban J connectivity index is 0.000000608. The fraction of sp³-hybridized carbons (Fsp3) is 0.852. The van der Waals surface area contributed by atoms with Gasteiger partial charge in [0.25, 0.3) is 0 Å². The number of ether oxygens (including phenoxy) is 5. The topological polar surface area (TPSA) is 80.3 Å². The van der Waals surface area contributed by atoms with Gasteiger partial charge < -0.3 is 23.7 Å². The highest BCUT2D eigenvalue weighted by molar-refractivity contribution is 5.75. The summed E-state index contributed by atoms with van der Waals surface area (Å²) in [6, 6.07) is 0. The molecule has 0 aromatic heterocycles. The van der Waals surface area contributed by atoms with Gasteiger partial charge in [-0.25, -0.2) is 0 Å². The summed E-state index contributed by atoms with van der Waals surface area (Å²) in [5, 5.41) is 0. The predicted molar refractivity (Wildman–Crippen MR) is 134 cm³/mol. The van der Waals surface area contributed by atoms with Crippen LogP contribution in [0, 0.1) is 29.6 Å². The van der Waals surface area contributed by atoms with Crippen molar-refractivity contribution in [1.82, 2.24) is 0 Å². The van der Waals surface area contributed by atoms with E-state index in [1.54, 1.807) is 6.92 Å². The third-order valence-electron chi connectivity index (χ3n) is 5.38. The predicted octanol–water partition coefficient (Wildman–Crippen LogP) is 4.46. The third kappa shape index (κ3) is 18.9. The lowest BCUT2D eigenvalue weighted by molar-refractivity contribution is -0.141. The van der Waals surface area contributed by atoms with Crippen molar-refractivity contribution in [3.63, 3.8) is 0 Å². The lowest BCUT2D eigenvalue weighted by atomic mass is 10.1. The largest absolute Gasteiger partial charge is 0.466 e. The first-order chi connectivity index (χ1) is 16.6. The van der Waals surface area contributed by atoms with Crippen LogP contribution in [0.1, 0.15) is 73.1 Å². The number of carbonyl (C=O) groups excluding carboxylic acids is 2. The first-order valence-corrected chi connectivity index (χ1v) is 13.0. The minimum Gasteiger partial charge on any atom is -0.466 e. The van der Waals surface area contributed by atoms with Gasteiger partial charge in [-0.1, -0.05) is 20.8 Å². The van der Waals surface area contributed by atoms with Gasteiger partial charge in [0.2, 0.25) is 0 Å². The molecule has 7 nitrogen and oxygen atoms in total. The van der Waals surface area contributed by atoms with Gasteiger partial charge in [-0.15, -0.1) is 11.8 Å². The van der Waals surface area contributed by atoms with Crippen molar-refractivity contribution in [3.8, 4) is 11.8 Å². The van der Waals surface area contributed by atoms with Gasteiger partial charge in [-0.2, -0.15) is 0 Å². The van der Waals surface area contributed by atoms with E-state index in [4.69, 9.17) is 23.7 Å². The van der Waals surface area contributed by atoms with E-state index in [0.29, 0.717) is 65.2 Å². The number of ketones is 1. The van der Waals surface area contributed by atoms with E-state index in [0.717, 1.165) is 37.7 Å². The Bertz CT molecular complexity index is 549. The molecular weight excluding hydrogens is 436 g/mol. The van der Waals surface area contributed by atoms with E-state index < -0.39 is 0 Å². The Kier molecular flexibility index (Phi) is 22.3. The highest BCUT2D eigenvalue weighted by Crippen LogP contribution is 2.52. The number of hydrogen-bond donors (Lipinski definition) is 0. The zero-order chi connectivity index (χ0) is 25.4. The molecule has 0 spiro atoms. The van der Waals surface area contributed by atoms with Crippen LogP contribution in [0.5, 0.6) is 0 Å². The van der Waals surface area contributed by atoms with Crippen molar-refractivity contribution < 1.29 is 33.3 Å². The van der Waals surface area contributed by atoms with Crippen LogP contribution in [0.25, 0.3) is 0 Å². The fourth-order valence-corrected chi connectivity index (χ4v) is 3.62. The number of rotatable bonds is 16. The molecule has 1 saturated carbocycles. The Hall–Kier alpha value is -1.46. The van der Waals surface area contributed by atoms with Gasteiger partial charge >= 0.3 is 5.97 Å². The normalized spacial score (nSPS) is 20.0. The first-order valence-electron chi connectivity index (χ1n) is 13.0. The zero-order valence-electron chi connectivity index (χ0n) is 22.2. The fourth-order valence-electron chi connectivity index (χ4n) is 3.62. The minimum atomic E-state index is -0.152. The molecule has 0 saturated heterocycles. The van der Waals surface area contributed by atoms with Gasteiger partial charge in [0, 0.05) is 32.8 Å². The van der Waals surface area contributed by atoms with Crippen molar-refractivity contribution in [3.05, 3.63) is 0 Å². The molecule has 34 heavy (non-hydrogen) atoms. The number of carbonyl (C=O) groups is 2. The smallest absolute Gasteiger partial charge is 0.302 e. The Morgan fingerprint density at radius 1 is 0.735 bits per heavy atom. The highest BCUT2D eigenvalue weighted by atomic mass is 16.6. The summed E-state index contributed by atoms with van der Waals surface area (Å²) in [6.07, 6.45) is 5.95. The van der Waals surface area contributed by atoms with Gasteiger partial charge in [0.15, 0.2) is 0 Å². The van der Waals surface area contributed by atoms with Crippen LogP contribution in [0.2, 0.25) is 0 Å². The van der Waals surface area contributed by atoms with Crippen molar-refractivity contribution >= 4 is 11.8 Å². The molecule has 2 rings (SSSR count). The lowest BCUT2D eigenvalue weighted by Crippen LogP contribution is -2.12. The molecule has 0 aliphatic heterocycles. The number of Topliss-reactive ketones (excluding diaryl/α,β-unsaturated/α-hetero) is 1. The number of fused-ring (bicyclic) bond motifs is 1. The molecule has 1 fully saturated rings. The van der Waals surface area contributed by atoms with Crippen LogP contribution in [0.3, 0.4) is 0 Å². The maximum Gasteiger partial charge on any atom is 0.302 e. The second kappa shape index (κ2) is 23.3. The maximum absolute atomic E-state index is 10.7. The average molecular weight is 485 g/mol. The molecule has 0 amide bonds. The molecule has 0 aromatic carbocycles. The zero-order valence-corrected chi connectivity index (χ0v) is 22.2. The van der Waals surface area contributed by atoms with Gasteiger partial charge in [-0.3, -0.25) is 9.59 Å².